The molecule has 2 unspecified atom stereocenters. The number of rotatable bonds is 4. The molecule has 3 heterocycles. The number of likely N-dealkylation sites (tertiary alicyclic amines) is 1. The maximum atomic E-state index is 13.4. The normalized spacial score (nSPS) is 23.2. The lowest BCUT2D eigenvalue weighted by Crippen LogP contribution is -2.55. The molecule has 168 valence electrons. The topological polar surface area (TPSA) is 94.0 Å². The zero-order valence-corrected chi connectivity index (χ0v) is 18.9. The van der Waals surface area contributed by atoms with Crippen LogP contribution in [0.1, 0.15) is 23.1 Å². The highest BCUT2D eigenvalue weighted by molar-refractivity contribution is 6.33. The molecule has 3 aliphatic heterocycles. The van der Waals surface area contributed by atoms with Crippen LogP contribution in [0, 0.1) is 18.3 Å². The van der Waals surface area contributed by atoms with E-state index < -0.39 is 12.1 Å². The largest absolute Gasteiger partial charge is 0.497 e. The highest BCUT2D eigenvalue weighted by atomic mass is 35.5. The average molecular weight is 465 g/mol. The van der Waals surface area contributed by atoms with E-state index in [2.05, 4.69) is 0 Å². The summed E-state index contributed by atoms with van der Waals surface area (Å²) >= 11 is 6.28. The Labute approximate surface area is 195 Å². The molecule has 0 radical (unpaired) electrons. The van der Waals surface area contributed by atoms with Gasteiger partial charge >= 0.3 is 6.03 Å². The summed E-state index contributed by atoms with van der Waals surface area (Å²) in [7, 11) is 1.58. The van der Waals surface area contributed by atoms with E-state index in [1.807, 2.05) is 30.3 Å². The van der Waals surface area contributed by atoms with Gasteiger partial charge in [-0.2, -0.15) is 5.26 Å². The molecule has 0 N–H and O–H groups in total. The number of imide groups is 1. The number of halogens is 1. The second-order valence-corrected chi connectivity index (χ2v) is 8.90. The predicted octanol–water partition coefficient (Wildman–Crippen LogP) is 2.89. The molecule has 0 aliphatic carbocycles. The number of hydrogen-bond acceptors (Lipinski definition) is 5. The van der Waals surface area contributed by atoms with Crippen molar-refractivity contribution >= 4 is 35.1 Å². The zero-order chi connectivity index (χ0) is 23.4. The quantitative estimate of drug-likeness (QED) is 0.648. The summed E-state index contributed by atoms with van der Waals surface area (Å²) in [6.45, 7) is 2.09. The molecule has 0 saturated carbocycles. The van der Waals surface area contributed by atoms with Crippen LogP contribution in [-0.4, -0.2) is 59.4 Å². The summed E-state index contributed by atoms with van der Waals surface area (Å²) < 4.78 is 5.23. The van der Waals surface area contributed by atoms with Gasteiger partial charge in [0.25, 0.3) is 5.91 Å². The van der Waals surface area contributed by atoms with Crippen LogP contribution in [0.15, 0.2) is 36.4 Å². The molecule has 8 nitrogen and oxygen atoms in total. The second-order valence-electron chi connectivity index (χ2n) is 8.52. The van der Waals surface area contributed by atoms with Gasteiger partial charge in [-0.05, 0) is 48.7 Å². The first kappa shape index (κ1) is 21.3. The number of methoxy groups -OCH3 is 1. The fraction of sp³-hybridized carbons (Fsp3) is 0.333. The number of piperazine rings is 1. The molecule has 0 aromatic heterocycles. The van der Waals surface area contributed by atoms with Crippen molar-refractivity contribution in [3.8, 4) is 11.8 Å². The Balaban J connectivity index is 1.40. The zero-order valence-electron chi connectivity index (χ0n) is 18.1. The van der Waals surface area contributed by atoms with Crippen molar-refractivity contribution in [1.82, 2.24) is 9.80 Å². The van der Waals surface area contributed by atoms with E-state index in [0.717, 1.165) is 10.5 Å². The van der Waals surface area contributed by atoms with Crippen molar-refractivity contribution in [1.29, 1.82) is 5.26 Å². The summed E-state index contributed by atoms with van der Waals surface area (Å²) in [5.41, 5.74) is 1.98. The van der Waals surface area contributed by atoms with Crippen LogP contribution in [0.25, 0.3) is 0 Å². The molecule has 0 spiro atoms. The Morgan fingerprint density at radius 2 is 2.06 bits per heavy atom. The molecule has 33 heavy (non-hydrogen) atoms. The van der Waals surface area contributed by atoms with Crippen molar-refractivity contribution in [2.45, 2.75) is 37.9 Å². The van der Waals surface area contributed by atoms with E-state index >= 15 is 0 Å². The third-order valence-electron chi connectivity index (χ3n) is 6.79. The van der Waals surface area contributed by atoms with Gasteiger partial charge in [-0.25, -0.2) is 9.69 Å². The number of carbonyl (C=O) groups is 3. The molecule has 5 rings (SSSR count). The summed E-state index contributed by atoms with van der Waals surface area (Å²) in [5.74, 6) is 0.236. The summed E-state index contributed by atoms with van der Waals surface area (Å²) in [4.78, 5) is 44.3. The summed E-state index contributed by atoms with van der Waals surface area (Å²) in [5, 5.41) is 9.42. The minimum atomic E-state index is -0.709. The molecule has 9 heteroatoms. The van der Waals surface area contributed by atoms with Gasteiger partial charge in [-0.1, -0.05) is 23.7 Å². The van der Waals surface area contributed by atoms with Crippen molar-refractivity contribution < 1.29 is 19.1 Å². The third kappa shape index (κ3) is 3.15. The van der Waals surface area contributed by atoms with Crippen molar-refractivity contribution in [3.05, 3.63) is 58.1 Å². The third-order valence-corrected chi connectivity index (χ3v) is 7.28. The molecule has 2 aromatic rings. The number of fused-ring (bicyclic) bond motifs is 5. The number of ether oxygens (including phenoxy) is 1. The molecule has 3 saturated heterocycles. The smallest absolute Gasteiger partial charge is 0.332 e. The van der Waals surface area contributed by atoms with E-state index in [-0.39, 0.29) is 40.9 Å². The number of benzene rings is 2. The van der Waals surface area contributed by atoms with Gasteiger partial charge in [0.1, 0.15) is 17.9 Å². The van der Waals surface area contributed by atoms with Crippen LogP contribution in [0.5, 0.6) is 5.75 Å². The maximum Gasteiger partial charge on any atom is 0.332 e. The molecule has 3 fully saturated rings. The average Bonchev–Trinajstić information content (AvgIpc) is 3.48. The van der Waals surface area contributed by atoms with Gasteiger partial charge in [0.2, 0.25) is 5.91 Å². The summed E-state index contributed by atoms with van der Waals surface area (Å²) in [6, 6.07) is 10.8. The number of carbonyl (C=O) groups excluding carboxylic acids is 3. The van der Waals surface area contributed by atoms with Gasteiger partial charge in [0.05, 0.1) is 41.9 Å². The lowest BCUT2D eigenvalue weighted by atomic mass is 10.1. The lowest BCUT2D eigenvalue weighted by molar-refractivity contribution is -0.135. The Kier molecular flexibility index (Phi) is 5.02. The van der Waals surface area contributed by atoms with Crippen molar-refractivity contribution in [2.24, 2.45) is 0 Å². The van der Waals surface area contributed by atoms with E-state index in [0.29, 0.717) is 30.0 Å². The first-order valence-corrected chi connectivity index (χ1v) is 11.0. The van der Waals surface area contributed by atoms with Crippen molar-refractivity contribution in [2.75, 3.05) is 18.6 Å². The number of nitriles is 1. The van der Waals surface area contributed by atoms with Crippen LogP contribution in [0.3, 0.4) is 0 Å². The van der Waals surface area contributed by atoms with E-state index in [1.54, 1.807) is 29.9 Å². The van der Waals surface area contributed by atoms with Crippen LogP contribution in [0.4, 0.5) is 10.5 Å². The number of anilines is 1. The fourth-order valence-electron chi connectivity index (χ4n) is 5.23. The monoisotopic (exact) mass is 464 g/mol. The maximum absolute atomic E-state index is 13.4. The predicted molar refractivity (Wildman–Crippen MR) is 120 cm³/mol. The highest BCUT2D eigenvalue weighted by Crippen LogP contribution is 2.43. The summed E-state index contributed by atoms with van der Waals surface area (Å²) in [6.07, 6.45) is 0.788. The Morgan fingerprint density at radius 3 is 2.79 bits per heavy atom. The standard InChI is InChI=1S/C24H21ClN4O4/c1-13-18(7-6-15(11-26)21(13)25)29-23(31)22-19-10-16(28(22)24(29)32)12-27(19)20(30)9-14-4-3-5-17(8-14)33-2/h3-8,16,19,22H,9-10,12H2,1-2H3/t16?,19?,22-/m1/s1. The fourth-order valence-corrected chi connectivity index (χ4v) is 5.43. The molecule has 4 amide bonds. The number of amides is 4. The molecule has 3 atom stereocenters. The molecule has 2 aromatic carbocycles. The highest BCUT2D eigenvalue weighted by Gasteiger charge is 2.62. The van der Waals surface area contributed by atoms with Gasteiger partial charge in [0, 0.05) is 6.54 Å². The van der Waals surface area contributed by atoms with Gasteiger partial charge in [-0.15, -0.1) is 0 Å². The number of nitrogens with zero attached hydrogens (tertiary/aromatic N) is 4. The SMILES string of the molecule is COc1cccc(CC(=O)N2CC3CC2[C@@H]2C(=O)N(c4ccc(C#N)c(Cl)c4C)C(=O)N32)c1. The lowest BCUT2D eigenvalue weighted by Gasteiger charge is -2.35. The van der Waals surface area contributed by atoms with Crippen molar-refractivity contribution in [3.63, 3.8) is 0 Å². The molecule has 3 aliphatic rings. The van der Waals surface area contributed by atoms with Crippen LogP contribution in [0.2, 0.25) is 5.02 Å². The van der Waals surface area contributed by atoms with E-state index in [1.165, 1.54) is 6.07 Å². The Bertz CT molecular complexity index is 1240. The van der Waals surface area contributed by atoms with Gasteiger partial charge in [-0.3, -0.25) is 9.59 Å². The Hall–Kier alpha value is -3.57. The minimum absolute atomic E-state index is 0.0771. The van der Waals surface area contributed by atoms with Gasteiger partial charge in [0.15, 0.2) is 0 Å². The van der Waals surface area contributed by atoms with Crippen LogP contribution < -0.4 is 9.64 Å². The molecule has 2 bridgehead atoms. The first-order valence-electron chi connectivity index (χ1n) is 10.6. The number of hydrogen-bond donors (Lipinski definition) is 0. The van der Waals surface area contributed by atoms with Crippen LogP contribution >= 0.6 is 11.6 Å². The van der Waals surface area contributed by atoms with E-state index in [9.17, 15) is 19.6 Å². The molecular weight excluding hydrogens is 444 g/mol. The molecular formula is C24H21ClN4O4. The second kappa shape index (κ2) is 7.78. The van der Waals surface area contributed by atoms with Gasteiger partial charge < -0.3 is 14.5 Å². The number of urea groups is 1. The Morgan fingerprint density at radius 1 is 1.27 bits per heavy atom. The van der Waals surface area contributed by atoms with Crippen LogP contribution in [-0.2, 0) is 16.0 Å². The first-order chi connectivity index (χ1) is 15.8. The minimum Gasteiger partial charge on any atom is -0.497 e. The van der Waals surface area contributed by atoms with E-state index in [4.69, 9.17) is 16.3 Å².